The summed E-state index contributed by atoms with van der Waals surface area (Å²) in [6.07, 6.45) is -0.383. The largest absolute Gasteiger partial charge is 0.481 e. The van der Waals surface area contributed by atoms with Gasteiger partial charge in [-0.1, -0.05) is 0 Å². The van der Waals surface area contributed by atoms with Crippen molar-refractivity contribution in [3.05, 3.63) is 0 Å². The van der Waals surface area contributed by atoms with Crippen LogP contribution in [0.1, 0.15) is 12.8 Å². The van der Waals surface area contributed by atoms with Gasteiger partial charge >= 0.3 is 5.97 Å². The summed E-state index contributed by atoms with van der Waals surface area (Å²) in [6.45, 7) is 0.545. The molecule has 2 N–H and O–H groups in total. The van der Waals surface area contributed by atoms with Gasteiger partial charge in [0.1, 0.15) is 5.92 Å². The Morgan fingerprint density at radius 2 is 2.17 bits per heavy atom. The van der Waals surface area contributed by atoms with Gasteiger partial charge < -0.3 is 10.4 Å². The van der Waals surface area contributed by atoms with Crippen LogP contribution >= 0.6 is 0 Å². The molecule has 1 heterocycles. The summed E-state index contributed by atoms with van der Waals surface area (Å²) >= 11 is 0. The summed E-state index contributed by atoms with van der Waals surface area (Å²) in [5.74, 6) is -5.98. The summed E-state index contributed by atoms with van der Waals surface area (Å²) in [4.78, 5) is 10.4. The normalized spacial score (nSPS) is 29.3. The molecule has 0 saturated carbocycles. The van der Waals surface area contributed by atoms with Crippen LogP contribution in [0.25, 0.3) is 0 Å². The molecule has 0 aromatic carbocycles. The van der Waals surface area contributed by atoms with E-state index in [0.717, 1.165) is 0 Å². The van der Waals surface area contributed by atoms with Crippen LogP contribution in [0.3, 0.4) is 0 Å². The Kier molecular flexibility index (Phi) is 2.62. The van der Waals surface area contributed by atoms with E-state index in [-0.39, 0.29) is 19.4 Å². The Hall–Kier alpha value is -0.710. The summed E-state index contributed by atoms with van der Waals surface area (Å²) < 4.78 is 25.9. The fourth-order valence-corrected chi connectivity index (χ4v) is 1.32. The minimum Gasteiger partial charge on any atom is -0.481 e. The van der Waals surface area contributed by atoms with Crippen LogP contribution in [-0.4, -0.2) is 30.1 Å². The summed E-state index contributed by atoms with van der Waals surface area (Å²) in [5.41, 5.74) is 0. The van der Waals surface area contributed by atoms with Gasteiger partial charge in [-0.05, 0) is 13.0 Å². The lowest BCUT2D eigenvalue weighted by atomic mass is 9.97. The Labute approximate surface area is 68.8 Å². The zero-order valence-corrected chi connectivity index (χ0v) is 6.52. The Morgan fingerprint density at radius 1 is 1.50 bits per heavy atom. The van der Waals surface area contributed by atoms with E-state index in [1.807, 2.05) is 0 Å². The first-order chi connectivity index (χ1) is 5.54. The molecule has 0 aromatic heterocycles. The number of carboxylic acid groups (broad SMARTS) is 1. The first kappa shape index (κ1) is 9.38. The van der Waals surface area contributed by atoms with Crippen molar-refractivity contribution >= 4 is 5.97 Å². The molecule has 0 spiro atoms. The van der Waals surface area contributed by atoms with Crippen molar-refractivity contribution in [2.24, 2.45) is 5.92 Å². The molecule has 0 aliphatic carbocycles. The minimum atomic E-state index is -3.06. The lowest BCUT2D eigenvalue weighted by Crippen LogP contribution is -2.34. The third-order valence-corrected chi connectivity index (χ3v) is 2.05. The molecule has 1 rings (SSSR count). The number of hydrogen-bond acceptors (Lipinski definition) is 2. The van der Waals surface area contributed by atoms with Crippen LogP contribution in [0.2, 0.25) is 0 Å². The molecule has 3 nitrogen and oxygen atoms in total. The predicted molar refractivity (Wildman–Crippen MR) is 38.2 cm³/mol. The van der Waals surface area contributed by atoms with E-state index in [4.69, 9.17) is 5.11 Å². The summed E-state index contributed by atoms with van der Waals surface area (Å²) in [7, 11) is 0. The topological polar surface area (TPSA) is 49.3 Å². The van der Waals surface area contributed by atoms with Gasteiger partial charge in [0.05, 0.1) is 0 Å². The maximum Gasteiger partial charge on any atom is 0.312 e. The van der Waals surface area contributed by atoms with Crippen LogP contribution in [0.4, 0.5) is 8.78 Å². The zero-order valence-electron chi connectivity index (χ0n) is 6.52. The highest BCUT2D eigenvalue weighted by molar-refractivity contribution is 5.71. The average Bonchev–Trinajstić information content (AvgIpc) is 2.09. The molecule has 0 radical (unpaired) electrons. The SMILES string of the molecule is O=C(O)C1CCNCCC1(F)F. The van der Waals surface area contributed by atoms with Crippen LogP contribution in [0, 0.1) is 5.92 Å². The van der Waals surface area contributed by atoms with Gasteiger partial charge in [-0.15, -0.1) is 0 Å². The minimum absolute atomic E-state index is 0.00231. The second-order valence-corrected chi connectivity index (χ2v) is 2.94. The van der Waals surface area contributed by atoms with Gasteiger partial charge in [0.25, 0.3) is 5.92 Å². The van der Waals surface area contributed by atoms with Crippen LogP contribution in [0.5, 0.6) is 0 Å². The number of rotatable bonds is 1. The molecule has 1 unspecified atom stereocenters. The number of alkyl halides is 2. The first-order valence-corrected chi connectivity index (χ1v) is 3.85. The van der Waals surface area contributed by atoms with Crippen molar-refractivity contribution < 1.29 is 18.7 Å². The van der Waals surface area contributed by atoms with Crippen LogP contribution < -0.4 is 5.32 Å². The number of carboxylic acids is 1. The number of halogens is 2. The van der Waals surface area contributed by atoms with E-state index in [1.165, 1.54) is 0 Å². The quantitative estimate of drug-likeness (QED) is 0.623. The number of aliphatic carboxylic acids is 1. The second kappa shape index (κ2) is 3.35. The van der Waals surface area contributed by atoms with Crippen LogP contribution in [-0.2, 0) is 4.79 Å². The van der Waals surface area contributed by atoms with Crippen LogP contribution in [0.15, 0.2) is 0 Å². The molecule has 0 aromatic rings. The Bertz CT molecular complexity index is 184. The third-order valence-electron chi connectivity index (χ3n) is 2.05. The van der Waals surface area contributed by atoms with E-state index in [1.54, 1.807) is 0 Å². The predicted octanol–water partition coefficient (Wildman–Crippen LogP) is 0.706. The molecular weight excluding hydrogens is 168 g/mol. The Balaban J connectivity index is 2.71. The molecule has 1 aliphatic heterocycles. The van der Waals surface area contributed by atoms with Crippen molar-refractivity contribution in [1.29, 1.82) is 0 Å². The van der Waals surface area contributed by atoms with Crippen molar-refractivity contribution in [3.63, 3.8) is 0 Å². The zero-order chi connectivity index (χ0) is 9.19. The number of nitrogens with one attached hydrogen (secondary N) is 1. The molecule has 5 heteroatoms. The molecule has 1 aliphatic rings. The maximum atomic E-state index is 13.0. The highest BCUT2D eigenvalue weighted by atomic mass is 19.3. The van der Waals surface area contributed by atoms with Gasteiger partial charge in [-0.2, -0.15) is 0 Å². The van der Waals surface area contributed by atoms with E-state index in [2.05, 4.69) is 5.32 Å². The monoisotopic (exact) mass is 179 g/mol. The highest BCUT2D eigenvalue weighted by Gasteiger charge is 2.44. The second-order valence-electron chi connectivity index (χ2n) is 2.94. The fourth-order valence-electron chi connectivity index (χ4n) is 1.32. The molecule has 0 bridgehead atoms. The Morgan fingerprint density at radius 3 is 2.75 bits per heavy atom. The van der Waals surface area contributed by atoms with Gasteiger partial charge in [-0.3, -0.25) is 4.79 Å². The van der Waals surface area contributed by atoms with Crippen molar-refractivity contribution in [3.8, 4) is 0 Å². The smallest absolute Gasteiger partial charge is 0.312 e. The standard InChI is InChI=1S/C7H11F2NO2/c8-7(9)2-4-10-3-1-5(7)6(11)12/h5,10H,1-4H2,(H,11,12). The average molecular weight is 179 g/mol. The van der Waals surface area contributed by atoms with Gasteiger partial charge in [-0.25, -0.2) is 8.78 Å². The molecule has 70 valence electrons. The number of carbonyl (C=O) groups is 1. The molecule has 12 heavy (non-hydrogen) atoms. The molecule has 0 amide bonds. The maximum absolute atomic E-state index is 13.0. The van der Waals surface area contributed by atoms with Gasteiger partial charge in [0.15, 0.2) is 0 Å². The van der Waals surface area contributed by atoms with Gasteiger partial charge in [0.2, 0.25) is 0 Å². The lowest BCUT2D eigenvalue weighted by molar-refractivity contribution is -0.157. The summed E-state index contributed by atoms with van der Waals surface area (Å²) in [6, 6.07) is 0. The molecule has 1 fully saturated rings. The third kappa shape index (κ3) is 1.91. The lowest BCUT2D eigenvalue weighted by Gasteiger charge is -2.19. The highest BCUT2D eigenvalue weighted by Crippen LogP contribution is 2.31. The summed E-state index contributed by atoms with van der Waals surface area (Å²) in [5, 5.41) is 11.2. The van der Waals surface area contributed by atoms with Crippen molar-refractivity contribution in [2.75, 3.05) is 13.1 Å². The molecular formula is C7H11F2NO2. The molecule has 1 saturated heterocycles. The van der Waals surface area contributed by atoms with E-state index < -0.39 is 17.8 Å². The van der Waals surface area contributed by atoms with E-state index in [0.29, 0.717) is 6.54 Å². The van der Waals surface area contributed by atoms with E-state index >= 15 is 0 Å². The van der Waals surface area contributed by atoms with Crippen molar-refractivity contribution in [1.82, 2.24) is 5.32 Å². The number of hydrogen-bond donors (Lipinski definition) is 2. The fraction of sp³-hybridized carbons (Fsp3) is 0.857. The van der Waals surface area contributed by atoms with E-state index in [9.17, 15) is 13.6 Å². The van der Waals surface area contributed by atoms with Gasteiger partial charge in [0, 0.05) is 13.0 Å². The molecule has 1 atom stereocenters. The van der Waals surface area contributed by atoms with Crippen molar-refractivity contribution in [2.45, 2.75) is 18.8 Å². The first-order valence-electron chi connectivity index (χ1n) is 3.85.